The molecule has 6 heteroatoms. The standard InChI is InChI=1S/C21H26F2N4/c1-13-15(10-24-25(13)2)11-27-12-17(16-4-3-5-18(22)19(16)23)21-20(27)14-6-8-26(21)9-7-14/h3-5,10,14,17,20-21H,6-9,11-12H2,1-2H3/t17-,20+,21+/m0/s1. The number of likely N-dealkylation sites (tertiary alicyclic amines) is 1. The lowest BCUT2D eigenvalue weighted by atomic mass is 9.75. The number of halogens is 2. The van der Waals surface area contributed by atoms with Crippen molar-refractivity contribution in [1.82, 2.24) is 19.6 Å². The van der Waals surface area contributed by atoms with E-state index < -0.39 is 11.6 Å². The SMILES string of the molecule is Cc1c(CN2C[C@@H](c3cccc(F)c3F)[C@@H]3[C@H]2C2CCN3CC2)cnn1C. The fraction of sp³-hybridized carbons (Fsp3) is 0.571. The zero-order valence-corrected chi connectivity index (χ0v) is 15.9. The van der Waals surface area contributed by atoms with Crippen LogP contribution in [0.5, 0.6) is 0 Å². The van der Waals surface area contributed by atoms with E-state index in [1.165, 1.54) is 30.2 Å². The third kappa shape index (κ3) is 2.64. The van der Waals surface area contributed by atoms with Crippen molar-refractivity contribution in [3.63, 3.8) is 0 Å². The van der Waals surface area contributed by atoms with Gasteiger partial charge < -0.3 is 0 Å². The van der Waals surface area contributed by atoms with Gasteiger partial charge in [0.2, 0.25) is 0 Å². The Labute approximate surface area is 158 Å². The number of piperidine rings is 3. The highest BCUT2D eigenvalue weighted by atomic mass is 19.2. The van der Waals surface area contributed by atoms with Crippen molar-refractivity contribution in [3.05, 3.63) is 52.9 Å². The van der Waals surface area contributed by atoms with Crippen molar-refractivity contribution in [1.29, 1.82) is 0 Å². The van der Waals surface area contributed by atoms with Crippen molar-refractivity contribution in [2.45, 2.75) is 44.3 Å². The average molecular weight is 372 g/mol. The summed E-state index contributed by atoms with van der Waals surface area (Å²) in [6, 6.07) is 5.34. The highest BCUT2D eigenvalue weighted by Crippen LogP contribution is 2.47. The van der Waals surface area contributed by atoms with Gasteiger partial charge in [0.05, 0.1) is 6.20 Å². The van der Waals surface area contributed by atoms with Gasteiger partial charge in [-0.05, 0) is 50.4 Å². The van der Waals surface area contributed by atoms with Crippen molar-refractivity contribution in [2.24, 2.45) is 13.0 Å². The number of benzene rings is 1. The molecule has 3 atom stereocenters. The zero-order chi connectivity index (χ0) is 18.7. The summed E-state index contributed by atoms with van der Waals surface area (Å²) in [4.78, 5) is 5.04. The van der Waals surface area contributed by atoms with Crippen molar-refractivity contribution < 1.29 is 8.78 Å². The molecule has 4 aliphatic heterocycles. The molecule has 4 nitrogen and oxygen atoms in total. The van der Waals surface area contributed by atoms with Crippen molar-refractivity contribution in [2.75, 3.05) is 19.6 Å². The molecule has 5 heterocycles. The molecule has 2 aromatic rings. The van der Waals surface area contributed by atoms with E-state index >= 15 is 0 Å². The molecule has 0 aliphatic carbocycles. The second kappa shape index (κ2) is 6.38. The van der Waals surface area contributed by atoms with Crippen LogP contribution in [0, 0.1) is 24.5 Å². The van der Waals surface area contributed by atoms with E-state index in [2.05, 4.69) is 21.8 Å². The first-order valence-electron chi connectivity index (χ1n) is 9.94. The molecule has 1 aromatic carbocycles. The molecule has 0 amide bonds. The van der Waals surface area contributed by atoms with E-state index in [0.29, 0.717) is 17.5 Å². The molecule has 1 aromatic heterocycles. The predicted molar refractivity (Wildman–Crippen MR) is 99.3 cm³/mol. The van der Waals surface area contributed by atoms with Crippen LogP contribution < -0.4 is 0 Å². The smallest absolute Gasteiger partial charge is 0.162 e. The molecule has 6 rings (SSSR count). The molecule has 0 spiro atoms. The van der Waals surface area contributed by atoms with Crippen molar-refractivity contribution in [3.8, 4) is 0 Å². The van der Waals surface area contributed by atoms with E-state index in [4.69, 9.17) is 0 Å². The van der Waals surface area contributed by atoms with Gasteiger partial charge in [0.15, 0.2) is 11.6 Å². The number of aromatic nitrogens is 2. The van der Waals surface area contributed by atoms with Crippen LogP contribution in [-0.4, -0.2) is 51.3 Å². The van der Waals surface area contributed by atoms with E-state index in [1.54, 1.807) is 12.1 Å². The van der Waals surface area contributed by atoms with Crippen LogP contribution in [-0.2, 0) is 13.6 Å². The van der Waals surface area contributed by atoms with Crippen LogP contribution in [0.2, 0.25) is 0 Å². The Bertz CT molecular complexity index is 856. The summed E-state index contributed by atoms with van der Waals surface area (Å²) < 4.78 is 30.5. The minimum atomic E-state index is -0.735. The molecule has 27 heavy (non-hydrogen) atoms. The second-order valence-corrected chi connectivity index (χ2v) is 8.41. The highest BCUT2D eigenvalue weighted by Gasteiger charge is 2.53. The summed E-state index contributed by atoms with van der Waals surface area (Å²) in [5, 5.41) is 4.38. The summed E-state index contributed by atoms with van der Waals surface area (Å²) in [7, 11) is 1.96. The maximum atomic E-state index is 14.7. The lowest BCUT2D eigenvalue weighted by Gasteiger charge is -2.51. The Morgan fingerprint density at radius 3 is 2.63 bits per heavy atom. The topological polar surface area (TPSA) is 24.3 Å². The van der Waals surface area contributed by atoms with E-state index in [1.807, 2.05) is 17.9 Å². The fourth-order valence-corrected chi connectivity index (χ4v) is 5.72. The molecular weight excluding hydrogens is 346 g/mol. The quantitative estimate of drug-likeness (QED) is 0.828. The molecule has 4 fully saturated rings. The van der Waals surface area contributed by atoms with Crippen LogP contribution in [0.15, 0.2) is 24.4 Å². The summed E-state index contributed by atoms with van der Waals surface area (Å²) >= 11 is 0. The van der Waals surface area contributed by atoms with Gasteiger partial charge >= 0.3 is 0 Å². The minimum absolute atomic E-state index is 0.0192. The Hall–Kier alpha value is -1.79. The normalized spacial score (nSPS) is 32.8. The number of nitrogens with zero attached hydrogens (tertiary/aromatic N) is 4. The van der Waals surface area contributed by atoms with E-state index in [0.717, 1.165) is 26.2 Å². The Kier molecular flexibility index (Phi) is 4.09. The van der Waals surface area contributed by atoms with Crippen LogP contribution in [0.1, 0.15) is 35.6 Å². The fourth-order valence-electron chi connectivity index (χ4n) is 5.72. The number of rotatable bonds is 3. The molecule has 2 bridgehead atoms. The second-order valence-electron chi connectivity index (χ2n) is 8.41. The van der Waals surface area contributed by atoms with E-state index in [9.17, 15) is 8.78 Å². The number of fused-ring (bicyclic) bond motifs is 2. The molecule has 4 aliphatic rings. The third-order valence-electron chi connectivity index (χ3n) is 7.19. The summed E-state index contributed by atoms with van der Waals surface area (Å²) in [5.74, 6) is -0.728. The summed E-state index contributed by atoms with van der Waals surface area (Å²) in [6.07, 6.45) is 4.37. The summed E-state index contributed by atoms with van der Waals surface area (Å²) in [6.45, 7) is 5.86. The first-order chi connectivity index (χ1) is 13.0. The molecule has 144 valence electrons. The highest BCUT2D eigenvalue weighted by molar-refractivity contribution is 5.30. The zero-order valence-electron chi connectivity index (χ0n) is 15.9. The largest absolute Gasteiger partial charge is 0.298 e. The van der Waals surface area contributed by atoms with Gasteiger partial charge in [0.25, 0.3) is 0 Å². The lowest BCUT2D eigenvalue weighted by molar-refractivity contribution is -0.00892. The first kappa shape index (κ1) is 17.3. The number of aryl methyl sites for hydroxylation is 1. The van der Waals surface area contributed by atoms with Crippen LogP contribution in [0.25, 0.3) is 0 Å². The Balaban J connectivity index is 1.52. The monoisotopic (exact) mass is 372 g/mol. The minimum Gasteiger partial charge on any atom is -0.298 e. The first-order valence-corrected chi connectivity index (χ1v) is 9.94. The molecular formula is C21H26F2N4. The third-order valence-corrected chi connectivity index (χ3v) is 7.19. The maximum absolute atomic E-state index is 14.7. The molecule has 0 radical (unpaired) electrons. The van der Waals surface area contributed by atoms with Crippen molar-refractivity contribution >= 4 is 0 Å². The molecule has 0 unspecified atom stereocenters. The lowest BCUT2D eigenvalue weighted by Crippen LogP contribution is -2.60. The van der Waals surface area contributed by atoms with Gasteiger partial charge in [-0.2, -0.15) is 5.10 Å². The predicted octanol–water partition coefficient (Wildman–Crippen LogP) is 3.07. The Morgan fingerprint density at radius 2 is 1.93 bits per heavy atom. The molecule has 0 saturated carbocycles. The van der Waals surface area contributed by atoms with E-state index in [-0.39, 0.29) is 12.0 Å². The average Bonchev–Trinajstić information content (AvgIpc) is 3.22. The van der Waals surface area contributed by atoms with Crippen LogP contribution >= 0.6 is 0 Å². The Morgan fingerprint density at radius 1 is 1.15 bits per heavy atom. The molecule has 0 N–H and O–H groups in total. The number of hydrogen-bond acceptors (Lipinski definition) is 3. The van der Waals surface area contributed by atoms with Gasteiger partial charge in [-0.15, -0.1) is 0 Å². The maximum Gasteiger partial charge on any atom is 0.162 e. The summed E-state index contributed by atoms with van der Waals surface area (Å²) in [5.41, 5.74) is 2.95. The van der Waals surface area contributed by atoms with Gasteiger partial charge in [-0.3, -0.25) is 14.5 Å². The van der Waals surface area contributed by atoms with Crippen LogP contribution in [0.3, 0.4) is 0 Å². The molecule has 4 saturated heterocycles. The van der Waals surface area contributed by atoms with Gasteiger partial charge in [0.1, 0.15) is 0 Å². The van der Waals surface area contributed by atoms with Gasteiger partial charge in [-0.1, -0.05) is 12.1 Å². The van der Waals surface area contributed by atoms with Gasteiger partial charge in [0, 0.05) is 49.4 Å². The number of hydrogen-bond donors (Lipinski definition) is 0. The van der Waals surface area contributed by atoms with Gasteiger partial charge in [-0.25, -0.2) is 8.78 Å². The van der Waals surface area contributed by atoms with Crippen LogP contribution in [0.4, 0.5) is 8.78 Å².